The summed E-state index contributed by atoms with van der Waals surface area (Å²) in [5.41, 5.74) is 10.5. The minimum Gasteiger partial charge on any atom is -0.467 e. The number of aromatic nitrogens is 2. The van der Waals surface area contributed by atoms with Gasteiger partial charge in [-0.25, -0.2) is 5.43 Å². The summed E-state index contributed by atoms with van der Waals surface area (Å²) in [7, 11) is 5.70. The van der Waals surface area contributed by atoms with E-state index in [1.807, 2.05) is 66.9 Å². The van der Waals surface area contributed by atoms with E-state index in [-0.39, 0.29) is 54.6 Å². The van der Waals surface area contributed by atoms with Crippen molar-refractivity contribution in [2.24, 2.45) is 46.8 Å². The molecule has 0 bridgehead atoms. The van der Waals surface area contributed by atoms with E-state index < -0.39 is 17.5 Å². The minimum atomic E-state index is -0.882. The molecule has 85 heavy (non-hydrogen) atoms. The molecular weight excluding hydrogens is 1070 g/mol. The molecule has 470 valence electrons. The standard InChI is InChI=1S/C58H83N7O7.C10H18O.C2H6/c1-12-62(9)35-42(36-66)24-28-63(10)54(44-19-14-15-20-44)56(68)61-51(57(69)65-27-17-16-26-60-65)31-43-29-46(32-47(30-43)72-40(5)39(3)4)45-22-23-52-49(33-45)50(34-58(7,8)37-71-38-67)55(64(52)13-2)48-21-18-25-59-53(48)41(6)70-11;1-7(2)10(8(3)6-11)9-4-5-9;1-2/h18,21-23,25,29-30,32-33,36,38-39,41-42,44,51,54,60H,5,12-17,19-20,24,26-28,31,34-35,37H2,1-4,6-11H3,(H,61,68);6-10H,4-5H2,1-3H3;1-2H3. The molecule has 3 aliphatic rings. The van der Waals surface area contributed by atoms with Crippen LogP contribution in [0.5, 0.6) is 5.75 Å². The number of hydrogen-bond donors (Lipinski definition) is 2. The Morgan fingerprint density at radius 1 is 0.906 bits per heavy atom. The molecule has 2 aromatic heterocycles. The third-order valence-corrected chi connectivity index (χ3v) is 17.6. The number of pyridine rings is 1. The van der Waals surface area contributed by atoms with Crippen molar-refractivity contribution in [3.63, 3.8) is 0 Å². The van der Waals surface area contributed by atoms with Crippen LogP contribution in [0.1, 0.15) is 164 Å². The zero-order valence-corrected chi connectivity index (χ0v) is 54.6. The molecule has 0 radical (unpaired) electrons. The maximum Gasteiger partial charge on any atom is 0.293 e. The van der Waals surface area contributed by atoms with E-state index in [0.717, 1.165) is 114 Å². The fourth-order valence-corrected chi connectivity index (χ4v) is 12.7. The van der Waals surface area contributed by atoms with Gasteiger partial charge in [-0.3, -0.25) is 29.3 Å². The molecule has 2 aliphatic carbocycles. The lowest BCUT2D eigenvalue weighted by Gasteiger charge is -2.35. The number of allylic oxidation sites excluding steroid dienone is 1. The van der Waals surface area contributed by atoms with Crippen LogP contribution in [0, 0.1) is 46.8 Å². The Labute approximate surface area is 510 Å². The van der Waals surface area contributed by atoms with Gasteiger partial charge in [0.15, 0.2) is 0 Å². The number of amides is 2. The largest absolute Gasteiger partial charge is 0.467 e. The van der Waals surface area contributed by atoms with Crippen molar-refractivity contribution in [2.75, 3.05) is 60.5 Å². The predicted molar refractivity (Wildman–Crippen MR) is 344 cm³/mol. The van der Waals surface area contributed by atoms with Crippen LogP contribution < -0.4 is 15.5 Å². The summed E-state index contributed by atoms with van der Waals surface area (Å²) in [4.78, 5) is 73.0. The topological polar surface area (TPSA) is 165 Å². The van der Waals surface area contributed by atoms with E-state index in [4.69, 9.17) is 19.2 Å². The molecule has 2 N–H and O–H groups in total. The first-order chi connectivity index (χ1) is 40.7. The number of fused-ring (bicyclic) bond motifs is 1. The van der Waals surface area contributed by atoms with E-state index in [1.165, 1.54) is 12.8 Å². The molecule has 1 aliphatic heterocycles. The van der Waals surface area contributed by atoms with Gasteiger partial charge in [0, 0.05) is 85.5 Å². The fourth-order valence-electron chi connectivity index (χ4n) is 12.7. The lowest BCUT2D eigenvalue weighted by atomic mass is 9.81. The van der Waals surface area contributed by atoms with E-state index in [2.05, 4.69) is 110 Å². The zero-order chi connectivity index (χ0) is 62.5. The number of hydrogen-bond acceptors (Lipinski definition) is 12. The summed E-state index contributed by atoms with van der Waals surface area (Å²) in [6, 6.07) is 15.3. The molecule has 0 spiro atoms. The van der Waals surface area contributed by atoms with Gasteiger partial charge in [0.25, 0.3) is 12.4 Å². The maximum absolute atomic E-state index is 14.9. The van der Waals surface area contributed by atoms with Gasteiger partial charge >= 0.3 is 0 Å². The van der Waals surface area contributed by atoms with Gasteiger partial charge in [0.2, 0.25) is 5.91 Å². The highest BCUT2D eigenvalue weighted by Gasteiger charge is 2.38. The second-order valence-electron chi connectivity index (χ2n) is 25.5. The molecule has 7 rings (SSSR count). The Morgan fingerprint density at radius 2 is 1.62 bits per heavy atom. The second kappa shape index (κ2) is 34.0. The Kier molecular flexibility index (Phi) is 28.0. The number of aryl methyl sites for hydroxylation is 1. The molecule has 2 saturated carbocycles. The lowest BCUT2D eigenvalue weighted by molar-refractivity contribution is -0.141. The number of nitrogens with one attached hydrogen (secondary N) is 2. The van der Waals surface area contributed by atoms with Crippen LogP contribution in [-0.4, -0.2) is 128 Å². The molecule has 4 aromatic rings. The zero-order valence-electron chi connectivity index (χ0n) is 54.6. The highest BCUT2D eigenvalue weighted by molar-refractivity contribution is 5.95. The van der Waals surface area contributed by atoms with Crippen LogP contribution in [0.2, 0.25) is 0 Å². The molecule has 2 aromatic carbocycles. The normalized spacial score (nSPS) is 16.9. The molecule has 3 heterocycles. The second-order valence-corrected chi connectivity index (χ2v) is 25.5. The summed E-state index contributed by atoms with van der Waals surface area (Å²) in [5.74, 6) is 3.32. The Balaban J connectivity index is 0.000000902. The minimum absolute atomic E-state index is 0.0469. The smallest absolute Gasteiger partial charge is 0.293 e. The number of aldehydes is 2. The number of carbonyl (C=O) groups is 5. The van der Waals surface area contributed by atoms with Gasteiger partial charge in [-0.05, 0) is 175 Å². The highest BCUT2D eigenvalue weighted by atomic mass is 16.5. The van der Waals surface area contributed by atoms with Crippen LogP contribution >= 0.6 is 0 Å². The van der Waals surface area contributed by atoms with Gasteiger partial charge < -0.3 is 38.6 Å². The molecule has 3 fully saturated rings. The molecule has 6 atom stereocenters. The van der Waals surface area contributed by atoms with Crippen molar-refractivity contribution >= 4 is 41.8 Å². The number of rotatable bonds is 31. The van der Waals surface area contributed by atoms with Crippen LogP contribution in [0.25, 0.3) is 33.3 Å². The maximum atomic E-state index is 14.9. The van der Waals surface area contributed by atoms with Crippen molar-refractivity contribution in [3.8, 4) is 28.1 Å². The first-order valence-electron chi connectivity index (χ1n) is 32.0. The van der Waals surface area contributed by atoms with Gasteiger partial charge in [0.1, 0.15) is 24.4 Å². The molecule has 2 amide bonds. The average molecular weight is 1170 g/mol. The Hall–Kier alpha value is -5.74. The monoisotopic (exact) mass is 1170 g/mol. The van der Waals surface area contributed by atoms with Crippen molar-refractivity contribution in [3.05, 3.63) is 83.9 Å². The predicted octanol–water partition coefficient (Wildman–Crippen LogP) is 12.7. The van der Waals surface area contributed by atoms with Crippen molar-refractivity contribution < 1.29 is 38.2 Å². The molecule has 15 nitrogen and oxygen atoms in total. The molecule has 6 unspecified atom stereocenters. The van der Waals surface area contributed by atoms with Gasteiger partial charge in [-0.15, -0.1) is 0 Å². The molecule has 15 heteroatoms. The van der Waals surface area contributed by atoms with Crippen LogP contribution in [0.3, 0.4) is 0 Å². The number of nitrogens with zero attached hydrogens (tertiary/aromatic N) is 5. The number of ether oxygens (including phenoxy) is 3. The summed E-state index contributed by atoms with van der Waals surface area (Å²) >= 11 is 0. The number of benzene rings is 2. The molecule has 1 saturated heterocycles. The van der Waals surface area contributed by atoms with Crippen LogP contribution in [-0.2, 0) is 52.8 Å². The number of hydrazine groups is 1. The highest BCUT2D eigenvalue weighted by Crippen LogP contribution is 2.45. The van der Waals surface area contributed by atoms with Crippen LogP contribution in [0.4, 0.5) is 0 Å². The van der Waals surface area contributed by atoms with Gasteiger partial charge in [-0.1, -0.05) is 101 Å². The average Bonchev–Trinajstić information content (AvgIpc) is 2.49. The number of carbonyl (C=O) groups excluding carboxylic acids is 5. The quantitative estimate of drug-likeness (QED) is 0.0362. The lowest BCUT2D eigenvalue weighted by Crippen LogP contribution is -2.59. The number of likely N-dealkylation sites (N-methyl/N-ethyl adjacent to an activating group) is 1. The third-order valence-electron chi connectivity index (χ3n) is 17.6. The summed E-state index contributed by atoms with van der Waals surface area (Å²) in [6.07, 6.45) is 13.6. The van der Waals surface area contributed by atoms with Gasteiger partial charge in [0.05, 0.1) is 35.9 Å². The first kappa shape index (κ1) is 70.0. The molecular formula is C70H107N7O8. The first-order valence-corrected chi connectivity index (χ1v) is 32.0. The van der Waals surface area contributed by atoms with E-state index in [1.54, 1.807) is 18.3 Å². The summed E-state index contributed by atoms with van der Waals surface area (Å²) in [5, 5.41) is 6.05. The van der Waals surface area contributed by atoms with Crippen LogP contribution in [0.15, 0.2) is 67.1 Å². The Bertz CT molecular complexity index is 2770. The third kappa shape index (κ3) is 19.4. The van der Waals surface area contributed by atoms with E-state index >= 15 is 0 Å². The summed E-state index contributed by atoms with van der Waals surface area (Å²) < 4.78 is 20.1. The van der Waals surface area contributed by atoms with Crippen molar-refractivity contribution in [1.29, 1.82) is 0 Å². The van der Waals surface area contributed by atoms with Gasteiger partial charge in [-0.2, -0.15) is 0 Å². The van der Waals surface area contributed by atoms with E-state index in [0.29, 0.717) is 75.4 Å². The van der Waals surface area contributed by atoms with Crippen molar-refractivity contribution in [1.82, 2.24) is 35.1 Å². The Morgan fingerprint density at radius 3 is 2.21 bits per heavy atom. The summed E-state index contributed by atoms with van der Waals surface area (Å²) in [6.45, 7) is 34.0. The fraction of sp³-hybridized carbons (Fsp3) is 0.629. The van der Waals surface area contributed by atoms with Crippen molar-refractivity contribution in [2.45, 2.75) is 178 Å². The van der Waals surface area contributed by atoms with E-state index in [9.17, 15) is 24.0 Å². The number of methoxy groups -OCH3 is 1. The SMILES string of the molecule is C=C(Oc1cc(CC(NC(=O)C(C2CCCC2)N(C)CCC(C=O)CN(C)CC)C(=O)N2CCCCN2)cc(-c2ccc3c(c2)c(CC(C)(C)COC=O)c(-c2cccnc2C(C)OC)n3CC)c1)C(C)C.CC.CC(C)C(C(C)C=O)C1CC1.